The molecule has 0 saturated carbocycles. The fraction of sp³-hybridized carbons (Fsp3) is 0.381. The van der Waals surface area contributed by atoms with Crippen molar-refractivity contribution in [2.75, 3.05) is 37.4 Å². The molecule has 0 atom stereocenters. The summed E-state index contributed by atoms with van der Waals surface area (Å²) in [7, 11) is 1.94. The molecular formula is C21H25N5O2S2. The Hall–Kier alpha value is -2.20. The van der Waals surface area contributed by atoms with E-state index in [9.17, 15) is 4.79 Å². The van der Waals surface area contributed by atoms with Gasteiger partial charge >= 0.3 is 0 Å². The van der Waals surface area contributed by atoms with E-state index in [4.69, 9.17) is 4.74 Å². The Balaban J connectivity index is 1.25. The Morgan fingerprint density at radius 2 is 2.00 bits per heavy atom. The first-order chi connectivity index (χ1) is 14.7. The van der Waals surface area contributed by atoms with Crippen molar-refractivity contribution in [2.24, 2.45) is 7.05 Å². The van der Waals surface area contributed by atoms with Crippen LogP contribution in [0.5, 0.6) is 0 Å². The number of ether oxygens (including phenoxy) is 1. The first-order valence-electron chi connectivity index (χ1n) is 9.90. The zero-order chi connectivity index (χ0) is 20.8. The molecule has 158 valence electrons. The van der Waals surface area contributed by atoms with E-state index < -0.39 is 0 Å². The highest BCUT2D eigenvalue weighted by atomic mass is 32.2. The van der Waals surface area contributed by atoms with E-state index in [1.165, 1.54) is 22.2 Å². The highest BCUT2D eigenvalue weighted by molar-refractivity contribution is 7.99. The molecule has 1 amide bonds. The predicted octanol–water partition coefficient (Wildman–Crippen LogP) is 3.03. The molecule has 0 spiro atoms. The zero-order valence-corrected chi connectivity index (χ0v) is 18.5. The molecule has 0 unspecified atom stereocenters. The zero-order valence-electron chi connectivity index (χ0n) is 16.9. The molecular weight excluding hydrogens is 418 g/mol. The average molecular weight is 444 g/mol. The number of benzene rings is 1. The van der Waals surface area contributed by atoms with Gasteiger partial charge in [0.2, 0.25) is 5.91 Å². The minimum absolute atomic E-state index is 0.0521. The number of carbonyl (C=O) groups is 1. The number of aromatic nitrogens is 3. The first kappa shape index (κ1) is 21.0. The predicted molar refractivity (Wildman–Crippen MR) is 120 cm³/mol. The topological polar surface area (TPSA) is 72.3 Å². The molecule has 4 rings (SSSR count). The van der Waals surface area contributed by atoms with Crippen molar-refractivity contribution in [3.63, 3.8) is 0 Å². The molecule has 1 fully saturated rings. The van der Waals surface area contributed by atoms with E-state index in [-0.39, 0.29) is 5.91 Å². The number of hydrogen-bond donors (Lipinski definition) is 1. The third kappa shape index (κ3) is 5.69. The molecule has 2 aromatic heterocycles. The summed E-state index contributed by atoms with van der Waals surface area (Å²) < 4.78 is 7.34. The summed E-state index contributed by atoms with van der Waals surface area (Å²) in [5.41, 5.74) is 2.05. The lowest BCUT2D eigenvalue weighted by molar-refractivity contribution is -0.113. The van der Waals surface area contributed by atoms with E-state index in [1.54, 1.807) is 11.3 Å². The molecule has 1 N–H and O–H groups in total. The fourth-order valence-electron chi connectivity index (χ4n) is 3.23. The molecule has 0 aliphatic carbocycles. The molecule has 1 aromatic carbocycles. The number of amides is 1. The van der Waals surface area contributed by atoms with Gasteiger partial charge in [-0.3, -0.25) is 9.69 Å². The Morgan fingerprint density at radius 3 is 2.73 bits per heavy atom. The Morgan fingerprint density at radius 1 is 1.20 bits per heavy atom. The van der Waals surface area contributed by atoms with Crippen LogP contribution in [0.1, 0.15) is 16.3 Å². The second kappa shape index (κ2) is 10.2. The van der Waals surface area contributed by atoms with E-state index in [0.29, 0.717) is 5.75 Å². The number of anilines is 1. The van der Waals surface area contributed by atoms with E-state index in [1.807, 2.05) is 29.8 Å². The number of morpholine rings is 1. The van der Waals surface area contributed by atoms with Crippen LogP contribution in [0.25, 0.3) is 0 Å². The molecule has 9 heteroatoms. The molecule has 0 bridgehead atoms. The first-order valence-corrected chi connectivity index (χ1v) is 11.8. The molecule has 3 aromatic rings. The second-order valence-electron chi connectivity index (χ2n) is 7.14. The van der Waals surface area contributed by atoms with Crippen LogP contribution in [0, 0.1) is 0 Å². The van der Waals surface area contributed by atoms with Crippen LogP contribution < -0.4 is 5.32 Å². The average Bonchev–Trinajstić information content (AvgIpc) is 3.39. The van der Waals surface area contributed by atoms with Gasteiger partial charge in [-0.1, -0.05) is 30.0 Å². The smallest absolute Gasteiger partial charge is 0.234 e. The van der Waals surface area contributed by atoms with Gasteiger partial charge in [0, 0.05) is 43.7 Å². The number of carbonyl (C=O) groups excluding carboxylic acids is 1. The van der Waals surface area contributed by atoms with Crippen molar-refractivity contribution in [1.82, 2.24) is 19.7 Å². The summed E-state index contributed by atoms with van der Waals surface area (Å²) in [5, 5.41) is 14.3. The molecule has 1 saturated heterocycles. The standard InChI is InChI=1S/C21H25N5O2S2/c1-25-19(13-18-3-2-12-29-18)23-24-21(25)30-15-20(27)22-17-6-4-16(5-7-17)14-26-8-10-28-11-9-26/h2-7,12H,8-11,13-15H2,1H3,(H,22,27). The molecule has 3 heterocycles. The van der Waals surface area contributed by atoms with Gasteiger partial charge < -0.3 is 14.6 Å². The van der Waals surface area contributed by atoms with Gasteiger partial charge in [0.1, 0.15) is 5.82 Å². The van der Waals surface area contributed by atoms with E-state index in [2.05, 4.69) is 44.0 Å². The van der Waals surface area contributed by atoms with Crippen molar-refractivity contribution in [3.8, 4) is 0 Å². The van der Waals surface area contributed by atoms with E-state index >= 15 is 0 Å². The SMILES string of the molecule is Cn1c(Cc2cccs2)nnc1SCC(=O)Nc1ccc(CN2CCOCC2)cc1. The van der Waals surface area contributed by atoms with Gasteiger partial charge in [-0.05, 0) is 29.1 Å². The van der Waals surface area contributed by atoms with Crippen molar-refractivity contribution in [2.45, 2.75) is 18.1 Å². The highest BCUT2D eigenvalue weighted by Crippen LogP contribution is 2.20. The van der Waals surface area contributed by atoms with Crippen LogP contribution >= 0.6 is 23.1 Å². The van der Waals surface area contributed by atoms with Gasteiger partial charge in [-0.15, -0.1) is 21.5 Å². The fourth-order valence-corrected chi connectivity index (χ4v) is 4.66. The second-order valence-corrected chi connectivity index (χ2v) is 9.11. The molecule has 1 aliphatic rings. The monoisotopic (exact) mass is 443 g/mol. The van der Waals surface area contributed by atoms with Gasteiger partial charge in [0.15, 0.2) is 5.16 Å². The maximum atomic E-state index is 12.4. The Labute approximate surface area is 184 Å². The summed E-state index contributed by atoms with van der Waals surface area (Å²) in [4.78, 5) is 16.0. The van der Waals surface area contributed by atoms with Crippen LogP contribution in [0.2, 0.25) is 0 Å². The van der Waals surface area contributed by atoms with Gasteiger partial charge in [-0.2, -0.15) is 0 Å². The van der Waals surface area contributed by atoms with Crippen molar-refractivity contribution >= 4 is 34.7 Å². The summed E-state index contributed by atoms with van der Waals surface area (Å²) in [5.74, 6) is 1.14. The summed E-state index contributed by atoms with van der Waals surface area (Å²) in [6.07, 6.45) is 0.755. The number of nitrogens with zero attached hydrogens (tertiary/aromatic N) is 4. The van der Waals surface area contributed by atoms with Gasteiger partial charge in [0.05, 0.1) is 19.0 Å². The lowest BCUT2D eigenvalue weighted by Crippen LogP contribution is -2.35. The van der Waals surface area contributed by atoms with Crippen LogP contribution in [-0.2, 0) is 29.5 Å². The van der Waals surface area contributed by atoms with Crippen LogP contribution in [0.3, 0.4) is 0 Å². The third-order valence-electron chi connectivity index (χ3n) is 4.92. The van der Waals surface area contributed by atoms with Gasteiger partial charge in [0.25, 0.3) is 0 Å². The van der Waals surface area contributed by atoms with Crippen LogP contribution in [0.4, 0.5) is 5.69 Å². The molecule has 30 heavy (non-hydrogen) atoms. The quantitative estimate of drug-likeness (QED) is 0.540. The number of rotatable bonds is 8. The lowest BCUT2D eigenvalue weighted by atomic mass is 10.2. The summed E-state index contributed by atoms with van der Waals surface area (Å²) in [6.45, 7) is 4.44. The Bertz CT molecular complexity index is 950. The maximum absolute atomic E-state index is 12.4. The van der Waals surface area contributed by atoms with Crippen molar-refractivity contribution in [1.29, 1.82) is 0 Å². The molecule has 1 aliphatic heterocycles. The summed E-state index contributed by atoms with van der Waals surface area (Å²) in [6, 6.07) is 12.2. The largest absolute Gasteiger partial charge is 0.379 e. The Kier molecular flexibility index (Phi) is 7.16. The number of thiophene rings is 1. The van der Waals surface area contributed by atoms with Crippen LogP contribution in [-0.4, -0.2) is 57.6 Å². The highest BCUT2D eigenvalue weighted by Gasteiger charge is 2.13. The normalized spacial score (nSPS) is 14.7. The minimum atomic E-state index is -0.0521. The number of thioether (sulfide) groups is 1. The molecule has 7 nitrogen and oxygen atoms in total. The van der Waals surface area contributed by atoms with Crippen molar-refractivity contribution < 1.29 is 9.53 Å². The number of nitrogens with one attached hydrogen (secondary N) is 1. The van der Waals surface area contributed by atoms with E-state index in [0.717, 1.165) is 55.9 Å². The van der Waals surface area contributed by atoms with Crippen LogP contribution in [0.15, 0.2) is 46.9 Å². The maximum Gasteiger partial charge on any atom is 0.234 e. The lowest BCUT2D eigenvalue weighted by Gasteiger charge is -2.26. The summed E-state index contributed by atoms with van der Waals surface area (Å²) >= 11 is 3.10. The third-order valence-corrected chi connectivity index (χ3v) is 6.81. The molecule has 0 radical (unpaired) electrons. The van der Waals surface area contributed by atoms with Crippen molar-refractivity contribution in [3.05, 3.63) is 58.0 Å². The number of hydrogen-bond acceptors (Lipinski definition) is 7. The van der Waals surface area contributed by atoms with Gasteiger partial charge in [-0.25, -0.2) is 0 Å². The minimum Gasteiger partial charge on any atom is -0.379 e.